The highest BCUT2D eigenvalue weighted by molar-refractivity contribution is 6.44. The standard InChI is InChI=1S/C9H18Cl2.ClH/c1-2-3-4-5-6-7-8-9(10)11;/h9H,2-8H2,1H3;1H. The minimum absolute atomic E-state index is 0. The summed E-state index contributed by atoms with van der Waals surface area (Å²) in [7, 11) is 0. The van der Waals surface area contributed by atoms with Gasteiger partial charge in [-0.25, -0.2) is 0 Å². The fourth-order valence-electron chi connectivity index (χ4n) is 1.08. The van der Waals surface area contributed by atoms with E-state index >= 15 is 0 Å². The molecule has 0 saturated carbocycles. The normalized spacial score (nSPS) is 10.0. The van der Waals surface area contributed by atoms with Crippen molar-refractivity contribution < 1.29 is 0 Å². The zero-order valence-electron chi connectivity index (χ0n) is 7.69. The number of hydrogen-bond donors (Lipinski definition) is 0. The second-order valence-corrected chi connectivity index (χ2v) is 4.22. The van der Waals surface area contributed by atoms with E-state index in [4.69, 9.17) is 23.2 Å². The van der Waals surface area contributed by atoms with Gasteiger partial charge in [0.2, 0.25) is 0 Å². The first-order valence-electron chi connectivity index (χ1n) is 4.55. The molecule has 0 unspecified atom stereocenters. The van der Waals surface area contributed by atoms with Gasteiger partial charge in [0, 0.05) is 0 Å². The van der Waals surface area contributed by atoms with Crippen molar-refractivity contribution in [3.05, 3.63) is 0 Å². The molecule has 0 amide bonds. The molecule has 76 valence electrons. The molecule has 0 nitrogen and oxygen atoms in total. The molecule has 0 rings (SSSR count). The fourth-order valence-corrected chi connectivity index (χ4v) is 1.39. The van der Waals surface area contributed by atoms with Gasteiger partial charge in [-0.05, 0) is 6.42 Å². The highest BCUT2D eigenvalue weighted by Crippen LogP contribution is 2.13. The lowest BCUT2D eigenvalue weighted by atomic mass is 10.1. The van der Waals surface area contributed by atoms with Gasteiger partial charge >= 0.3 is 0 Å². The molecule has 0 spiro atoms. The number of halogens is 3. The predicted molar refractivity (Wildman–Crippen MR) is 60.7 cm³/mol. The van der Waals surface area contributed by atoms with Crippen LogP contribution in [0.2, 0.25) is 0 Å². The summed E-state index contributed by atoms with van der Waals surface area (Å²) in [6.45, 7) is 2.23. The maximum absolute atomic E-state index is 5.58. The maximum atomic E-state index is 5.58. The summed E-state index contributed by atoms with van der Waals surface area (Å²) in [6, 6.07) is 0. The van der Waals surface area contributed by atoms with Crippen molar-refractivity contribution in [3.8, 4) is 0 Å². The molecule has 0 fully saturated rings. The second-order valence-electron chi connectivity index (χ2n) is 2.95. The van der Waals surface area contributed by atoms with Crippen LogP contribution in [0.25, 0.3) is 0 Å². The SMILES string of the molecule is CCCCCCCCC(Cl)Cl.Cl. The molecular weight excluding hydrogens is 214 g/mol. The molecule has 0 aromatic carbocycles. The predicted octanol–water partition coefficient (Wildman–Crippen LogP) is 4.96. The molecule has 0 bridgehead atoms. The van der Waals surface area contributed by atoms with Crippen LogP contribution in [0.5, 0.6) is 0 Å². The first kappa shape index (κ1) is 15.3. The van der Waals surface area contributed by atoms with E-state index in [9.17, 15) is 0 Å². The average molecular weight is 234 g/mol. The molecule has 0 saturated heterocycles. The molecule has 3 heteroatoms. The van der Waals surface area contributed by atoms with Crippen molar-refractivity contribution in [2.24, 2.45) is 0 Å². The lowest BCUT2D eigenvalue weighted by Crippen LogP contribution is -1.86. The van der Waals surface area contributed by atoms with Crippen LogP contribution in [0.1, 0.15) is 51.9 Å². The molecule has 0 N–H and O–H groups in total. The largest absolute Gasteiger partial charge is 0.147 e. The topological polar surface area (TPSA) is 0 Å². The van der Waals surface area contributed by atoms with Crippen molar-refractivity contribution in [1.82, 2.24) is 0 Å². The Labute approximate surface area is 92.4 Å². The molecule has 0 atom stereocenters. The first-order chi connectivity index (χ1) is 5.27. The summed E-state index contributed by atoms with van der Waals surface area (Å²) in [5.41, 5.74) is 0. The Morgan fingerprint density at radius 2 is 1.42 bits per heavy atom. The third-order valence-electron chi connectivity index (χ3n) is 1.78. The number of hydrogen-bond acceptors (Lipinski definition) is 0. The van der Waals surface area contributed by atoms with Crippen LogP contribution >= 0.6 is 35.6 Å². The van der Waals surface area contributed by atoms with Crippen LogP contribution in [0, 0.1) is 0 Å². The van der Waals surface area contributed by atoms with E-state index in [2.05, 4.69) is 6.92 Å². The van der Waals surface area contributed by atoms with E-state index in [1.165, 1.54) is 38.5 Å². The molecular formula is C9H19Cl3. The van der Waals surface area contributed by atoms with Gasteiger partial charge < -0.3 is 0 Å². The Morgan fingerprint density at radius 3 is 1.92 bits per heavy atom. The number of unbranched alkanes of at least 4 members (excludes halogenated alkanes) is 5. The van der Waals surface area contributed by atoms with Crippen LogP contribution in [-0.4, -0.2) is 4.84 Å². The molecule has 0 radical (unpaired) electrons. The molecule has 0 aliphatic carbocycles. The fraction of sp³-hybridized carbons (Fsp3) is 1.00. The van der Waals surface area contributed by atoms with Gasteiger partial charge in [0.1, 0.15) is 4.84 Å². The summed E-state index contributed by atoms with van der Waals surface area (Å²) >= 11 is 11.2. The smallest absolute Gasteiger partial charge is 0.107 e. The monoisotopic (exact) mass is 232 g/mol. The quantitative estimate of drug-likeness (QED) is 0.431. The van der Waals surface area contributed by atoms with E-state index in [1.807, 2.05) is 0 Å². The van der Waals surface area contributed by atoms with Crippen LogP contribution in [0.15, 0.2) is 0 Å². The minimum Gasteiger partial charge on any atom is -0.147 e. The van der Waals surface area contributed by atoms with Gasteiger partial charge in [-0.15, -0.1) is 35.6 Å². The summed E-state index contributed by atoms with van der Waals surface area (Å²) in [5.74, 6) is 0. The zero-order valence-corrected chi connectivity index (χ0v) is 10.0. The van der Waals surface area contributed by atoms with Crippen molar-refractivity contribution >= 4 is 35.6 Å². The van der Waals surface area contributed by atoms with Crippen LogP contribution < -0.4 is 0 Å². The lowest BCUT2D eigenvalue weighted by Gasteiger charge is -2.00. The van der Waals surface area contributed by atoms with Gasteiger partial charge in [-0.1, -0.05) is 45.4 Å². The molecule has 12 heavy (non-hydrogen) atoms. The molecule has 0 aliphatic rings. The van der Waals surface area contributed by atoms with Crippen LogP contribution in [0.3, 0.4) is 0 Å². The minimum atomic E-state index is -0.152. The van der Waals surface area contributed by atoms with E-state index in [0.717, 1.165) is 6.42 Å². The van der Waals surface area contributed by atoms with Crippen molar-refractivity contribution in [1.29, 1.82) is 0 Å². The average Bonchev–Trinajstić information content (AvgIpc) is 1.96. The van der Waals surface area contributed by atoms with Crippen molar-refractivity contribution in [2.45, 2.75) is 56.7 Å². The summed E-state index contributed by atoms with van der Waals surface area (Å²) < 4.78 is 0. The third kappa shape index (κ3) is 13.5. The summed E-state index contributed by atoms with van der Waals surface area (Å²) in [6.07, 6.45) is 8.81. The summed E-state index contributed by atoms with van der Waals surface area (Å²) in [5, 5.41) is 0. The Morgan fingerprint density at radius 1 is 0.917 bits per heavy atom. The number of alkyl halides is 2. The molecule has 0 aromatic heterocycles. The summed E-state index contributed by atoms with van der Waals surface area (Å²) in [4.78, 5) is -0.152. The van der Waals surface area contributed by atoms with Gasteiger partial charge in [0.15, 0.2) is 0 Å². The van der Waals surface area contributed by atoms with E-state index in [0.29, 0.717) is 0 Å². The molecule has 0 heterocycles. The van der Waals surface area contributed by atoms with Crippen molar-refractivity contribution in [2.75, 3.05) is 0 Å². The van der Waals surface area contributed by atoms with E-state index in [1.54, 1.807) is 0 Å². The lowest BCUT2D eigenvalue weighted by molar-refractivity contribution is 0.598. The Hall–Kier alpha value is 0.870. The second kappa shape index (κ2) is 11.9. The van der Waals surface area contributed by atoms with E-state index in [-0.39, 0.29) is 17.2 Å². The molecule has 0 aliphatic heterocycles. The van der Waals surface area contributed by atoms with Gasteiger partial charge in [0.05, 0.1) is 0 Å². The van der Waals surface area contributed by atoms with Gasteiger partial charge in [-0.3, -0.25) is 0 Å². The first-order valence-corrected chi connectivity index (χ1v) is 5.42. The third-order valence-corrected chi connectivity index (χ3v) is 2.21. The zero-order chi connectivity index (χ0) is 8.53. The van der Waals surface area contributed by atoms with Crippen LogP contribution in [-0.2, 0) is 0 Å². The van der Waals surface area contributed by atoms with Crippen LogP contribution in [0.4, 0.5) is 0 Å². The highest BCUT2D eigenvalue weighted by atomic mass is 35.5. The Bertz CT molecular complexity index is 74.2. The van der Waals surface area contributed by atoms with Gasteiger partial charge in [-0.2, -0.15) is 0 Å². The Balaban J connectivity index is 0. The number of rotatable bonds is 7. The Kier molecular flexibility index (Phi) is 15.2. The van der Waals surface area contributed by atoms with Gasteiger partial charge in [0.25, 0.3) is 0 Å². The molecule has 0 aromatic rings. The van der Waals surface area contributed by atoms with E-state index < -0.39 is 0 Å². The maximum Gasteiger partial charge on any atom is 0.107 e. The van der Waals surface area contributed by atoms with Crippen molar-refractivity contribution in [3.63, 3.8) is 0 Å². The highest BCUT2D eigenvalue weighted by Gasteiger charge is 1.97.